The summed E-state index contributed by atoms with van der Waals surface area (Å²) in [7, 11) is 1.53. The quantitative estimate of drug-likeness (QED) is 0.0130. The second kappa shape index (κ2) is 29.0. The number of allylic oxidation sites excluding steroid dienone is 2. The summed E-state index contributed by atoms with van der Waals surface area (Å²) >= 11 is 0. The topological polar surface area (TPSA) is 385 Å². The van der Waals surface area contributed by atoms with Gasteiger partial charge in [-0.05, 0) is 92.6 Å². The Labute approximate surface area is 471 Å². The number of aromatic amines is 1. The monoisotopic (exact) mass is 1140 g/mol. The standard InChI is InChI=1S/C54H71BF2N14O11/c1-31-37(32(2)70-45(31)25-35-16-20-44(71(35)55(70,56)57)33-14-17-36(82-3)18-15-33)19-21-47(75)61-22-8-4-5-13-46(74)64-27-48(76)66-42(29-72)51(79)65-28-49(77)67-43(30-73)53(81)68-40(12-9-23-62-54(59)60)52(80)69-41(50(58)78)24-34-26-63-39-11-7-6-10-38(34)39/h6-7,10-11,14-18,20,25-26,40-43,63,72-73H,4-5,8-9,12-13,19,21-24,27-30H2,1-3H3,(H2,58,78)(H,61,75)(H,64,74)(H,65,79)(H,66,76)(H,67,77)(H,68,81)(H,69,80)(H4,59,60,62)/t40-,41-,42-,43-/m0/s1. The number of hydrogen-bond acceptors (Lipinski definition) is 12. The van der Waals surface area contributed by atoms with Crippen LogP contribution in [0.3, 0.4) is 0 Å². The average Bonchev–Trinajstić information content (AvgIpc) is 3.93. The molecule has 82 heavy (non-hydrogen) atoms. The van der Waals surface area contributed by atoms with Crippen LogP contribution < -0.4 is 59.2 Å². The molecule has 0 unspecified atom stereocenters. The fourth-order valence-electron chi connectivity index (χ4n) is 9.70. The lowest BCUT2D eigenvalue weighted by Crippen LogP contribution is -2.58. The maximum atomic E-state index is 16.4. The number of ether oxygens (including phenoxy) is 1. The molecule has 440 valence electrons. The van der Waals surface area contributed by atoms with E-state index in [9.17, 15) is 48.6 Å². The molecule has 0 spiro atoms. The van der Waals surface area contributed by atoms with Crippen molar-refractivity contribution in [1.29, 1.82) is 0 Å². The van der Waals surface area contributed by atoms with Gasteiger partial charge in [0.1, 0.15) is 35.6 Å². The Bertz CT molecular complexity index is 3150. The number of carbonyl (C=O) groups is 8. The minimum atomic E-state index is -4.26. The second-order valence-corrected chi connectivity index (χ2v) is 19.7. The number of methoxy groups -OCH3 is 1. The van der Waals surface area contributed by atoms with E-state index in [2.05, 4.69) is 47.2 Å². The molecule has 16 N–H and O–H groups in total. The summed E-state index contributed by atoms with van der Waals surface area (Å²) in [5, 5.41) is 37.6. The Balaban J connectivity index is 0.867. The van der Waals surface area contributed by atoms with Crippen LogP contribution in [0.15, 0.2) is 88.7 Å². The third kappa shape index (κ3) is 16.1. The van der Waals surface area contributed by atoms with Crippen molar-refractivity contribution in [2.24, 2.45) is 22.2 Å². The largest absolute Gasteiger partial charge is 0.737 e. The van der Waals surface area contributed by atoms with Crippen LogP contribution in [0.2, 0.25) is 0 Å². The number of aromatic nitrogens is 2. The van der Waals surface area contributed by atoms with Gasteiger partial charge in [0.25, 0.3) is 0 Å². The number of benzene rings is 2. The first kappa shape index (κ1) is 62.3. The maximum Gasteiger partial charge on any atom is 0.737 e. The van der Waals surface area contributed by atoms with Crippen molar-refractivity contribution < 1.29 is 66.4 Å². The highest BCUT2D eigenvalue weighted by atomic mass is 19.2. The van der Waals surface area contributed by atoms with Crippen LogP contribution in [0.4, 0.5) is 8.63 Å². The number of para-hydroxylation sites is 1. The minimum absolute atomic E-state index is 0.0112. The number of primary amides is 1. The van der Waals surface area contributed by atoms with E-state index < -0.39 is 98.8 Å². The molecule has 0 aliphatic carbocycles. The summed E-state index contributed by atoms with van der Waals surface area (Å²) in [6.07, 6.45) is 5.41. The number of aliphatic imine (C=N–C) groups is 1. The number of unbranched alkanes of at least 4 members (excludes halogenated alkanes) is 2. The molecule has 4 aromatic rings. The zero-order chi connectivity index (χ0) is 59.7. The molecule has 2 aliphatic heterocycles. The van der Waals surface area contributed by atoms with Gasteiger partial charge in [-0.2, -0.15) is 0 Å². The fourth-order valence-corrected chi connectivity index (χ4v) is 9.70. The molecule has 0 bridgehead atoms. The van der Waals surface area contributed by atoms with E-state index in [1.54, 1.807) is 68.6 Å². The lowest BCUT2D eigenvalue weighted by atomic mass is 9.89. The summed E-state index contributed by atoms with van der Waals surface area (Å²) in [4.78, 5) is 110. The lowest BCUT2D eigenvalue weighted by molar-refractivity contribution is -0.362. The van der Waals surface area contributed by atoms with Crippen LogP contribution in [0.25, 0.3) is 28.2 Å². The number of halogens is 2. The van der Waals surface area contributed by atoms with Crippen molar-refractivity contribution in [3.63, 3.8) is 0 Å². The highest BCUT2D eigenvalue weighted by Crippen LogP contribution is 2.41. The van der Waals surface area contributed by atoms with Gasteiger partial charge < -0.3 is 91.9 Å². The molecular formula is C54H71BF2N14O11. The molecule has 2 aliphatic rings. The molecule has 8 amide bonds. The molecule has 0 fully saturated rings. The summed E-state index contributed by atoms with van der Waals surface area (Å²) in [6, 6.07) is 11.8. The normalized spacial score (nSPS) is 14.7. The number of rotatable bonds is 31. The fraction of sp³-hybridized carbons (Fsp3) is 0.407. The molecule has 6 rings (SSSR count). The number of aliphatic hydroxyl groups is 2. The van der Waals surface area contributed by atoms with Crippen LogP contribution in [-0.4, -0.2) is 161 Å². The van der Waals surface area contributed by atoms with E-state index in [1.165, 1.54) is 7.11 Å². The highest BCUT2D eigenvalue weighted by Gasteiger charge is 2.54. The Hall–Kier alpha value is -8.92. The molecule has 0 radical (unpaired) electrons. The number of aliphatic hydroxyl groups excluding tert-OH is 2. The summed E-state index contributed by atoms with van der Waals surface area (Å²) in [6.45, 7) is -3.64. The van der Waals surface area contributed by atoms with E-state index in [-0.39, 0.29) is 56.9 Å². The highest BCUT2D eigenvalue weighted by molar-refractivity contribution is 6.58. The van der Waals surface area contributed by atoms with Gasteiger partial charge in [-0.3, -0.25) is 43.3 Å². The Morgan fingerprint density at radius 2 is 1.38 bits per heavy atom. The summed E-state index contributed by atoms with van der Waals surface area (Å²) in [5.74, 6) is -5.82. The van der Waals surface area contributed by atoms with Crippen LogP contribution >= 0.6 is 0 Å². The first-order valence-electron chi connectivity index (χ1n) is 26.7. The molecule has 0 saturated heterocycles. The van der Waals surface area contributed by atoms with E-state index in [4.69, 9.17) is 21.9 Å². The van der Waals surface area contributed by atoms with Crippen molar-refractivity contribution in [2.75, 3.05) is 46.5 Å². The van der Waals surface area contributed by atoms with Gasteiger partial charge in [0.05, 0.1) is 33.4 Å². The molecule has 0 saturated carbocycles. The van der Waals surface area contributed by atoms with Crippen molar-refractivity contribution in [2.45, 2.75) is 95.8 Å². The maximum absolute atomic E-state index is 16.4. The number of carbonyl (C=O) groups excluding carboxylic acids is 8. The zero-order valence-corrected chi connectivity index (χ0v) is 45.8. The number of guanidine groups is 1. The number of hydrogen-bond donors (Lipinski definition) is 13. The number of nitrogens with two attached hydrogens (primary N) is 3. The summed E-state index contributed by atoms with van der Waals surface area (Å²) in [5.41, 5.74) is 21.5. The molecule has 28 heteroatoms. The van der Waals surface area contributed by atoms with Gasteiger partial charge in [-0.15, -0.1) is 0 Å². The van der Waals surface area contributed by atoms with Gasteiger partial charge in [-0.25, -0.2) is 0 Å². The third-order valence-corrected chi connectivity index (χ3v) is 14.0. The number of amides is 8. The van der Waals surface area contributed by atoms with Gasteiger partial charge in [0.15, 0.2) is 11.7 Å². The number of nitrogens with zero attached hydrogens (tertiary/aromatic N) is 3. The van der Waals surface area contributed by atoms with Gasteiger partial charge in [-0.1, -0.05) is 24.6 Å². The molecule has 4 atom stereocenters. The van der Waals surface area contributed by atoms with Crippen LogP contribution in [0.1, 0.15) is 76.5 Å². The second-order valence-electron chi connectivity index (χ2n) is 19.7. The van der Waals surface area contributed by atoms with E-state index >= 15 is 8.63 Å². The number of nitrogens with one attached hydrogen (secondary N) is 8. The average molecular weight is 1140 g/mol. The first-order chi connectivity index (χ1) is 39.2. The molecule has 2 aromatic carbocycles. The number of H-pyrrole nitrogens is 1. The van der Waals surface area contributed by atoms with Crippen molar-refractivity contribution >= 4 is 82.9 Å². The predicted molar refractivity (Wildman–Crippen MR) is 301 cm³/mol. The van der Waals surface area contributed by atoms with Crippen molar-refractivity contribution in [3.8, 4) is 17.0 Å². The SMILES string of the molecule is COc1ccc(-c2ccc3n2[B-](F)(F)[N+]2=C(C)C(CCC(=O)NCCCCCC(=O)NCC(=O)N[C@@H](CO)C(=O)NCC(=O)N[C@@H](CO)C(=O)N[C@@H](CCCN=C(N)N)C(=O)N[C@@H](Cc4c[nH]c5ccccc45)C(N)=O)=C(C)C2=C3)cc1. The Morgan fingerprint density at radius 3 is 2.05 bits per heavy atom. The van der Waals surface area contributed by atoms with Gasteiger partial charge in [0.2, 0.25) is 47.3 Å². The van der Waals surface area contributed by atoms with Crippen LogP contribution in [-0.2, 0) is 44.8 Å². The molecule has 2 aromatic heterocycles. The van der Waals surface area contributed by atoms with Crippen molar-refractivity contribution in [1.82, 2.24) is 46.7 Å². The van der Waals surface area contributed by atoms with Crippen LogP contribution in [0, 0.1) is 0 Å². The molecule has 25 nitrogen and oxygen atoms in total. The third-order valence-electron chi connectivity index (χ3n) is 14.0. The van der Waals surface area contributed by atoms with E-state index in [1.807, 2.05) is 18.2 Å². The lowest BCUT2D eigenvalue weighted by Gasteiger charge is -2.31. The minimum Gasteiger partial charge on any atom is -0.497 e. The molecular weight excluding hydrogens is 1070 g/mol. The van der Waals surface area contributed by atoms with Gasteiger partial charge in [0, 0.05) is 85.0 Å². The van der Waals surface area contributed by atoms with E-state index in [0.29, 0.717) is 76.6 Å². The Kier molecular flexibility index (Phi) is 22.0. The summed E-state index contributed by atoms with van der Waals surface area (Å²) < 4.78 is 40.3. The van der Waals surface area contributed by atoms with Crippen molar-refractivity contribution in [3.05, 3.63) is 95.0 Å². The first-order valence-corrected chi connectivity index (χ1v) is 26.7. The molecule has 4 heterocycles. The zero-order valence-electron chi connectivity index (χ0n) is 45.8. The van der Waals surface area contributed by atoms with Crippen LogP contribution in [0.5, 0.6) is 5.75 Å². The van der Waals surface area contributed by atoms with Gasteiger partial charge >= 0.3 is 6.97 Å². The Morgan fingerprint density at radius 1 is 0.732 bits per heavy atom. The predicted octanol–water partition coefficient (Wildman–Crippen LogP) is -0.580. The number of fused-ring (bicyclic) bond motifs is 3. The van der Waals surface area contributed by atoms with E-state index in [0.717, 1.165) is 19.9 Å². The smallest absolute Gasteiger partial charge is 0.497 e.